The second-order valence-corrected chi connectivity index (χ2v) is 5.80. The van der Waals surface area contributed by atoms with Crippen LogP contribution >= 0.6 is 27.7 Å². The van der Waals surface area contributed by atoms with Crippen molar-refractivity contribution in [2.45, 2.75) is 10.8 Å². The fraction of sp³-hybridized carbons (Fsp3) is 0.143. The molecule has 0 aliphatic carbocycles. The average molecular weight is 354 g/mol. The zero-order valence-electron chi connectivity index (χ0n) is 10.7. The van der Waals surface area contributed by atoms with Crippen LogP contribution in [-0.4, -0.2) is 23.2 Å². The Morgan fingerprint density at radius 3 is 2.75 bits per heavy atom. The van der Waals surface area contributed by atoms with E-state index in [-0.39, 0.29) is 5.56 Å². The Kier molecular flexibility index (Phi) is 5.03. The molecule has 0 saturated carbocycles. The van der Waals surface area contributed by atoms with Crippen LogP contribution in [0.15, 0.2) is 46.0 Å². The first-order chi connectivity index (χ1) is 9.60. The van der Waals surface area contributed by atoms with E-state index in [1.54, 1.807) is 31.0 Å². The number of rotatable bonds is 5. The number of hydrogen-bond donors (Lipinski definition) is 1. The maximum atomic E-state index is 10.7. The van der Waals surface area contributed by atoms with Gasteiger partial charge in [-0.2, -0.15) is 0 Å². The molecule has 1 heterocycles. The molecule has 0 spiro atoms. The van der Waals surface area contributed by atoms with Crippen LogP contribution in [-0.2, 0) is 5.75 Å². The molecule has 0 unspecified atom stereocenters. The zero-order valence-corrected chi connectivity index (χ0v) is 13.1. The summed E-state index contributed by atoms with van der Waals surface area (Å²) in [5.41, 5.74) is 1.33. The second kappa shape index (κ2) is 6.76. The molecule has 0 radical (unpaired) electrons. The molecule has 0 aliphatic heterocycles. The molecule has 0 atom stereocenters. The van der Waals surface area contributed by atoms with Gasteiger partial charge in [0.25, 0.3) is 0 Å². The van der Waals surface area contributed by atoms with Gasteiger partial charge in [0.15, 0.2) is 0 Å². The SMILES string of the molecule is COc1ccc(CSc2ccc(C(=O)O)cn2)cc1Br. The fourth-order valence-corrected chi connectivity index (χ4v) is 2.92. The smallest absolute Gasteiger partial charge is 0.337 e. The molecular formula is C14H12BrNO3S. The molecule has 0 bridgehead atoms. The molecule has 1 aromatic carbocycles. The Morgan fingerprint density at radius 2 is 2.20 bits per heavy atom. The second-order valence-electron chi connectivity index (χ2n) is 3.95. The van der Waals surface area contributed by atoms with Crippen molar-refractivity contribution in [2.24, 2.45) is 0 Å². The largest absolute Gasteiger partial charge is 0.496 e. The Hall–Kier alpha value is -1.53. The van der Waals surface area contributed by atoms with E-state index < -0.39 is 5.97 Å². The van der Waals surface area contributed by atoms with E-state index in [9.17, 15) is 4.79 Å². The minimum Gasteiger partial charge on any atom is -0.496 e. The Bertz CT molecular complexity index is 616. The van der Waals surface area contributed by atoms with Gasteiger partial charge in [0.1, 0.15) is 5.75 Å². The van der Waals surface area contributed by atoms with Crippen LogP contribution < -0.4 is 4.74 Å². The Balaban J connectivity index is 2.01. The first kappa shape index (κ1) is 14.9. The topological polar surface area (TPSA) is 59.4 Å². The lowest BCUT2D eigenvalue weighted by Crippen LogP contribution is -1.96. The number of methoxy groups -OCH3 is 1. The van der Waals surface area contributed by atoms with Crippen LogP contribution in [0.2, 0.25) is 0 Å². The third-order valence-corrected chi connectivity index (χ3v) is 4.22. The van der Waals surface area contributed by atoms with E-state index in [4.69, 9.17) is 9.84 Å². The Morgan fingerprint density at radius 1 is 1.40 bits per heavy atom. The highest BCUT2D eigenvalue weighted by atomic mass is 79.9. The molecule has 0 fully saturated rings. The summed E-state index contributed by atoms with van der Waals surface area (Å²) in [5.74, 6) is 0.581. The maximum Gasteiger partial charge on any atom is 0.337 e. The molecule has 1 aromatic heterocycles. The number of carboxylic acids is 1. The van der Waals surface area contributed by atoms with E-state index in [1.165, 1.54) is 6.20 Å². The minimum atomic E-state index is -0.965. The highest BCUT2D eigenvalue weighted by molar-refractivity contribution is 9.10. The first-order valence-electron chi connectivity index (χ1n) is 5.74. The summed E-state index contributed by atoms with van der Waals surface area (Å²) in [7, 11) is 1.63. The van der Waals surface area contributed by atoms with E-state index in [0.29, 0.717) is 0 Å². The number of nitrogens with zero attached hydrogens (tertiary/aromatic N) is 1. The molecule has 104 valence electrons. The van der Waals surface area contributed by atoms with Crippen molar-refractivity contribution < 1.29 is 14.6 Å². The van der Waals surface area contributed by atoms with Gasteiger partial charge in [-0.3, -0.25) is 0 Å². The van der Waals surface area contributed by atoms with Crippen molar-refractivity contribution in [3.05, 3.63) is 52.1 Å². The van der Waals surface area contributed by atoms with E-state index in [1.807, 2.05) is 18.2 Å². The van der Waals surface area contributed by atoms with Crippen LogP contribution in [0.1, 0.15) is 15.9 Å². The van der Waals surface area contributed by atoms with Gasteiger partial charge in [0.2, 0.25) is 0 Å². The number of pyridine rings is 1. The van der Waals surface area contributed by atoms with Crippen LogP contribution in [0.25, 0.3) is 0 Å². The Labute approximate surface area is 129 Å². The molecule has 6 heteroatoms. The number of halogens is 1. The van der Waals surface area contributed by atoms with Gasteiger partial charge in [-0.05, 0) is 45.8 Å². The van der Waals surface area contributed by atoms with Crippen LogP contribution in [0.3, 0.4) is 0 Å². The summed E-state index contributed by atoms with van der Waals surface area (Å²) >= 11 is 4.99. The van der Waals surface area contributed by atoms with Gasteiger partial charge < -0.3 is 9.84 Å². The number of hydrogen-bond acceptors (Lipinski definition) is 4. The van der Waals surface area contributed by atoms with Crippen molar-refractivity contribution in [1.29, 1.82) is 0 Å². The van der Waals surface area contributed by atoms with Gasteiger partial charge >= 0.3 is 5.97 Å². The number of thioether (sulfide) groups is 1. The average Bonchev–Trinajstić information content (AvgIpc) is 2.45. The summed E-state index contributed by atoms with van der Waals surface area (Å²) in [6.07, 6.45) is 1.37. The first-order valence-corrected chi connectivity index (χ1v) is 7.52. The number of aromatic carboxylic acids is 1. The van der Waals surface area contributed by atoms with Crippen molar-refractivity contribution in [1.82, 2.24) is 4.98 Å². The quantitative estimate of drug-likeness (QED) is 0.827. The summed E-state index contributed by atoms with van der Waals surface area (Å²) < 4.78 is 6.09. The highest BCUT2D eigenvalue weighted by Gasteiger charge is 2.05. The van der Waals surface area contributed by atoms with E-state index >= 15 is 0 Å². The lowest BCUT2D eigenvalue weighted by Gasteiger charge is -2.06. The van der Waals surface area contributed by atoms with Gasteiger partial charge in [0.05, 0.1) is 22.2 Å². The molecule has 2 aromatic rings. The summed E-state index contributed by atoms with van der Waals surface area (Å²) in [6, 6.07) is 9.16. The minimum absolute atomic E-state index is 0.196. The standard InChI is InChI=1S/C14H12BrNO3S/c1-19-12-4-2-9(6-11(12)15)8-20-13-5-3-10(7-16-13)14(17)18/h2-7H,8H2,1H3,(H,17,18). The van der Waals surface area contributed by atoms with E-state index in [0.717, 1.165) is 26.6 Å². The van der Waals surface area contributed by atoms with Crippen molar-refractivity contribution in [2.75, 3.05) is 7.11 Å². The predicted molar refractivity (Wildman–Crippen MR) is 81.5 cm³/mol. The van der Waals surface area contributed by atoms with Gasteiger partial charge in [-0.25, -0.2) is 9.78 Å². The normalized spacial score (nSPS) is 10.3. The summed E-state index contributed by atoms with van der Waals surface area (Å²) in [4.78, 5) is 14.8. The molecule has 20 heavy (non-hydrogen) atoms. The maximum absolute atomic E-state index is 10.7. The van der Waals surface area contributed by atoms with Gasteiger partial charge in [-0.1, -0.05) is 6.07 Å². The predicted octanol–water partition coefficient (Wildman–Crippen LogP) is 3.84. The molecule has 2 rings (SSSR count). The van der Waals surface area contributed by atoms with Crippen molar-refractivity contribution in [3.8, 4) is 5.75 Å². The number of aromatic nitrogens is 1. The fourth-order valence-electron chi connectivity index (χ4n) is 1.55. The molecule has 0 amide bonds. The zero-order chi connectivity index (χ0) is 14.5. The molecule has 4 nitrogen and oxygen atoms in total. The molecular weight excluding hydrogens is 342 g/mol. The van der Waals surface area contributed by atoms with Gasteiger partial charge in [0, 0.05) is 11.9 Å². The highest BCUT2D eigenvalue weighted by Crippen LogP contribution is 2.28. The van der Waals surface area contributed by atoms with Crippen LogP contribution in [0.4, 0.5) is 0 Å². The number of ether oxygens (including phenoxy) is 1. The number of benzene rings is 1. The van der Waals surface area contributed by atoms with Crippen molar-refractivity contribution in [3.63, 3.8) is 0 Å². The van der Waals surface area contributed by atoms with Crippen molar-refractivity contribution >= 4 is 33.7 Å². The third kappa shape index (κ3) is 3.74. The van der Waals surface area contributed by atoms with Crippen LogP contribution in [0, 0.1) is 0 Å². The number of carbonyl (C=O) groups is 1. The lowest BCUT2D eigenvalue weighted by molar-refractivity contribution is 0.0696. The summed E-state index contributed by atoms with van der Waals surface area (Å²) in [6.45, 7) is 0. The lowest BCUT2D eigenvalue weighted by atomic mass is 10.2. The monoisotopic (exact) mass is 353 g/mol. The molecule has 0 saturated heterocycles. The molecule has 0 aliphatic rings. The molecule has 1 N–H and O–H groups in total. The van der Waals surface area contributed by atoms with Gasteiger partial charge in [-0.15, -0.1) is 11.8 Å². The number of carboxylic acid groups (broad SMARTS) is 1. The van der Waals surface area contributed by atoms with E-state index in [2.05, 4.69) is 20.9 Å². The third-order valence-electron chi connectivity index (χ3n) is 2.59. The summed E-state index contributed by atoms with van der Waals surface area (Å²) in [5, 5.41) is 9.59. The van der Waals surface area contributed by atoms with Crippen LogP contribution in [0.5, 0.6) is 5.75 Å².